The summed E-state index contributed by atoms with van der Waals surface area (Å²) < 4.78 is 24.5. The zero-order chi connectivity index (χ0) is 15.5. The molecule has 1 aromatic carbocycles. The predicted molar refractivity (Wildman–Crippen MR) is 84.4 cm³/mol. The van der Waals surface area contributed by atoms with E-state index in [9.17, 15) is 4.39 Å². The maximum Gasteiger partial charge on any atom is 0.146 e. The number of nitrogens with one attached hydrogen (secondary N) is 1. The summed E-state index contributed by atoms with van der Waals surface area (Å²) in [5.74, 6) is -0.196. The molecule has 120 valence electrons. The number of rotatable bonds is 11. The average molecular weight is 298 g/mol. The van der Waals surface area contributed by atoms with Crippen LogP contribution in [0.25, 0.3) is 0 Å². The SMILES string of the molecule is CCCNCc1ccc(N(CCOC)CCOC)c(F)c1. The molecule has 1 rings (SSSR count). The highest BCUT2D eigenvalue weighted by molar-refractivity contribution is 5.49. The fraction of sp³-hybridized carbons (Fsp3) is 0.625. The van der Waals surface area contributed by atoms with Crippen molar-refractivity contribution in [2.24, 2.45) is 0 Å². The van der Waals surface area contributed by atoms with Crippen LogP contribution in [0.5, 0.6) is 0 Å². The Hall–Kier alpha value is -1.17. The van der Waals surface area contributed by atoms with E-state index in [0.717, 1.165) is 18.5 Å². The second-order valence-corrected chi connectivity index (χ2v) is 4.94. The normalized spacial score (nSPS) is 10.9. The largest absolute Gasteiger partial charge is 0.383 e. The summed E-state index contributed by atoms with van der Waals surface area (Å²) in [5.41, 5.74) is 1.56. The molecule has 0 heterocycles. The van der Waals surface area contributed by atoms with Crippen molar-refractivity contribution in [3.63, 3.8) is 0 Å². The number of benzene rings is 1. The van der Waals surface area contributed by atoms with Crippen molar-refractivity contribution in [3.8, 4) is 0 Å². The third-order valence-corrected chi connectivity index (χ3v) is 3.24. The summed E-state index contributed by atoms with van der Waals surface area (Å²) in [4.78, 5) is 1.95. The summed E-state index contributed by atoms with van der Waals surface area (Å²) in [7, 11) is 3.29. The van der Waals surface area contributed by atoms with E-state index in [2.05, 4.69) is 12.2 Å². The highest BCUT2D eigenvalue weighted by Gasteiger charge is 2.12. The molecule has 0 aromatic heterocycles. The first-order chi connectivity index (χ1) is 10.2. The average Bonchev–Trinajstić information content (AvgIpc) is 2.49. The molecule has 0 saturated heterocycles. The first kappa shape index (κ1) is 17.9. The predicted octanol–water partition coefficient (Wildman–Crippen LogP) is 2.42. The highest BCUT2D eigenvalue weighted by Crippen LogP contribution is 2.20. The molecule has 1 aromatic rings. The highest BCUT2D eigenvalue weighted by atomic mass is 19.1. The van der Waals surface area contributed by atoms with E-state index in [0.29, 0.717) is 38.5 Å². The van der Waals surface area contributed by atoms with Gasteiger partial charge in [0.15, 0.2) is 0 Å². The van der Waals surface area contributed by atoms with E-state index in [1.54, 1.807) is 20.3 Å². The van der Waals surface area contributed by atoms with Gasteiger partial charge in [-0.15, -0.1) is 0 Å². The number of halogens is 1. The van der Waals surface area contributed by atoms with Crippen molar-refractivity contribution in [1.29, 1.82) is 0 Å². The van der Waals surface area contributed by atoms with Gasteiger partial charge < -0.3 is 19.7 Å². The molecule has 0 unspecified atom stereocenters. The molecule has 0 saturated carbocycles. The summed E-state index contributed by atoms with van der Waals surface area (Å²) in [6.45, 7) is 6.15. The molecule has 1 N–H and O–H groups in total. The molecule has 0 atom stereocenters. The first-order valence-electron chi connectivity index (χ1n) is 7.44. The lowest BCUT2D eigenvalue weighted by atomic mass is 10.1. The number of hydrogen-bond acceptors (Lipinski definition) is 4. The molecule has 0 aliphatic rings. The third kappa shape index (κ3) is 6.42. The van der Waals surface area contributed by atoms with Gasteiger partial charge in [0, 0.05) is 33.9 Å². The standard InChI is InChI=1S/C16H27FN2O2/c1-4-7-18-13-14-5-6-16(15(17)12-14)19(8-10-20-2)9-11-21-3/h5-6,12,18H,4,7-11,13H2,1-3H3. The van der Waals surface area contributed by atoms with Crippen LogP contribution in [0.15, 0.2) is 18.2 Å². The molecule has 0 aliphatic carbocycles. The van der Waals surface area contributed by atoms with Gasteiger partial charge in [-0.3, -0.25) is 0 Å². The fourth-order valence-corrected chi connectivity index (χ4v) is 2.08. The molecule has 5 heteroatoms. The molecular formula is C16H27FN2O2. The van der Waals surface area contributed by atoms with Gasteiger partial charge in [0.2, 0.25) is 0 Å². The van der Waals surface area contributed by atoms with Crippen molar-refractivity contribution in [1.82, 2.24) is 5.32 Å². The van der Waals surface area contributed by atoms with Crippen molar-refractivity contribution < 1.29 is 13.9 Å². The maximum absolute atomic E-state index is 14.3. The Morgan fingerprint density at radius 1 is 1.14 bits per heavy atom. The summed E-state index contributed by atoms with van der Waals surface area (Å²) >= 11 is 0. The van der Waals surface area contributed by atoms with Crippen LogP contribution in [0.2, 0.25) is 0 Å². The molecule has 0 fully saturated rings. The van der Waals surface area contributed by atoms with E-state index in [-0.39, 0.29) is 5.82 Å². The maximum atomic E-state index is 14.3. The Balaban J connectivity index is 2.73. The van der Waals surface area contributed by atoms with Crippen LogP contribution in [0.4, 0.5) is 10.1 Å². The van der Waals surface area contributed by atoms with Crippen LogP contribution in [0.3, 0.4) is 0 Å². The number of nitrogens with zero attached hydrogens (tertiary/aromatic N) is 1. The minimum absolute atomic E-state index is 0.196. The number of hydrogen-bond donors (Lipinski definition) is 1. The Bertz CT molecular complexity index is 394. The summed E-state index contributed by atoms with van der Waals surface area (Å²) in [5, 5.41) is 3.28. The number of methoxy groups -OCH3 is 2. The Morgan fingerprint density at radius 3 is 2.33 bits per heavy atom. The van der Waals surface area contributed by atoms with Gasteiger partial charge in [-0.1, -0.05) is 13.0 Å². The van der Waals surface area contributed by atoms with Gasteiger partial charge in [0.25, 0.3) is 0 Å². The van der Waals surface area contributed by atoms with E-state index >= 15 is 0 Å². The smallest absolute Gasteiger partial charge is 0.146 e. The molecule has 0 aliphatic heterocycles. The van der Waals surface area contributed by atoms with Gasteiger partial charge in [-0.25, -0.2) is 4.39 Å². The van der Waals surface area contributed by atoms with Crippen LogP contribution < -0.4 is 10.2 Å². The molecule has 4 nitrogen and oxygen atoms in total. The topological polar surface area (TPSA) is 33.7 Å². The monoisotopic (exact) mass is 298 g/mol. The van der Waals surface area contributed by atoms with Crippen LogP contribution in [-0.4, -0.2) is 47.1 Å². The van der Waals surface area contributed by atoms with Crippen LogP contribution in [0.1, 0.15) is 18.9 Å². The molecular weight excluding hydrogens is 271 g/mol. The van der Waals surface area contributed by atoms with Crippen LogP contribution in [-0.2, 0) is 16.0 Å². The van der Waals surface area contributed by atoms with E-state index in [4.69, 9.17) is 9.47 Å². The van der Waals surface area contributed by atoms with E-state index in [1.165, 1.54) is 0 Å². The minimum atomic E-state index is -0.196. The van der Waals surface area contributed by atoms with Gasteiger partial charge in [0.1, 0.15) is 5.82 Å². The second-order valence-electron chi connectivity index (χ2n) is 4.94. The number of ether oxygens (including phenoxy) is 2. The zero-order valence-corrected chi connectivity index (χ0v) is 13.3. The van der Waals surface area contributed by atoms with Gasteiger partial charge in [-0.05, 0) is 30.7 Å². The molecule has 21 heavy (non-hydrogen) atoms. The van der Waals surface area contributed by atoms with Crippen molar-refractivity contribution >= 4 is 5.69 Å². The minimum Gasteiger partial charge on any atom is -0.383 e. The number of anilines is 1. The Morgan fingerprint density at radius 2 is 1.81 bits per heavy atom. The van der Waals surface area contributed by atoms with Gasteiger partial charge in [0.05, 0.1) is 18.9 Å². The van der Waals surface area contributed by atoms with Gasteiger partial charge >= 0.3 is 0 Å². The van der Waals surface area contributed by atoms with Crippen molar-refractivity contribution in [3.05, 3.63) is 29.6 Å². The molecule has 0 radical (unpaired) electrons. The molecule has 0 bridgehead atoms. The van der Waals surface area contributed by atoms with E-state index in [1.807, 2.05) is 17.0 Å². The Labute approximate surface area is 127 Å². The van der Waals surface area contributed by atoms with Crippen LogP contribution in [0, 0.1) is 5.82 Å². The summed E-state index contributed by atoms with van der Waals surface area (Å²) in [6.07, 6.45) is 1.07. The zero-order valence-electron chi connectivity index (χ0n) is 13.3. The van der Waals surface area contributed by atoms with Gasteiger partial charge in [-0.2, -0.15) is 0 Å². The van der Waals surface area contributed by atoms with E-state index < -0.39 is 0 Å². The van der Waals surface area contributed by atoms with Crippen molar-refractivity contribution in [2.75, 3.05) is 52.0 Å². The lowest BCUT2D eigenvalue weighted by Gasteiger charge is -2.25. The second kappa shape index (κ2) is 10.5. The Kier molecular flexibility index (Phi) is 8.98. The molecule has 0 spiro atoms. The first-order valence-corrected chi connectivity index (χ1v) is 7.44. The quantitative estimate of drug-likeness (QED) is 0.636. The fourth-order valence-electron chi connectivity index (χ4n) is 2.08. The third-order valence-electron chi connectivity index (χ3n) is 3.24. The molecule has 0 amide bonds. The lowest BCUT2D eigenvalue weighted by molar-refractivity contribution is 0.190. The van der Waals surface area contributed by atoms with Crippen LogP contribution >= 0.6 is 0 Å². The van der Waals surface area contributed by atoms with Crippen molar-refractivity contribution in [2.45, 2.75) is 19.9 Å². The lowest BCUT2D eigenvalue weighted by Crippen LogP contribution is -2.31. The summed E-state index contributed by atoms with van der Waals surface area (Å²) in [6, 6.07) is 5.40.